The van der Waals surface area contributed by atoms with Crippen molar-refractivity contribution in [2.24, 2.45) is 11.3 Å². The van der Waals surface area contributed by atoms with Gasteiger partial charge in [0.05, 0.1) is 13.3 Å². The molecule has 2 atom stereocenters. The first-order valence-electron chi connectivity index (χ1n) is 11.8. The summed E-state index contributed by atoms with van der Waals surface area (Å²) in [6.07, 6.45) is 3.55. The molecule has 0 spiro atoms. The van der Waals surface area contributed by atoms with Crippen LogP contribution in [0.15, 0.2) is 34.9 Å². The fourth-order valence-electron chi connectivity index (χ4n) is 3.74. The molecule has 0 aliphatic heterocycles. The summed E-state index contributed by atoms with van der Waals surface area (Å²) < 4.78 is 10.5. The second kappa shape index (κ2) is 9.92. The van der Waals surface area contributed by atoms with E-state index in [0.717, 1.165) is 12.8 Å². The van der Waals surface area contributed by atoms with Crippen LogP contribution in [0, 0.1) is 11.3 Å². The van der Waals surface area contributed by atoms with E-state index < -0.39 is 23.3 Å². The van der Waals surface area contributed by atoms with E-state index in [2.05, 4.69) is 30.8 Å². The number of rotatable bonds is 8. The minimum absolute atomic E-state index is 0.0445. The van der Waals surface area contributed by atoms with E-state index in [1.54, 1.807) is 24.3 Å². The number of amides is 2. The highest BCUT2D eigenvalue weighted by Gasteiger charge is 2.34. The zero-order chi connectivity index (χ0) is 26.0. The molecule has 11 heteroatoms. The lowest BCUT2D eigenvalue weighted by molar-refractivity contribution is -0.145. The summed E-state index contributed by atoms with van der Waals surface area (Å²) in [7, 11) is 1.27. The molecule has 0 saturated heterocycles. The molecule has 2 heterocycles. The first kappa shape index (κ1) is 25.1. The van der Waals surface area contributed by atoms with Gasteiger partial charge in [-0.2, -0.15) is 0 Å². The molecule has 1 aliphatic rings. The molecule has 1 saturated carbocycles. The molecule has 1 unspecified atom stereocenters. The highest BCUT2D eigenvalue weighted by atomic mass is 16.5. The standard InChI is InChI=1S/C25H30N6O5/c1-13(14-9-10-14)27-22(33)20-29-19(30-31-20)15-7-6-8-16(11-15)23-26-12-17(36-23)21(32)28-18(24(34)35-5)25(2,3)4/h6-8,11-14,18H,9-10H2,1-5H3,(H,27,33)(H,28,32)(H,29,30,31)/t13-,18?/m0/s1. The normalized spacial score (nSPS) is 15.1. The number of methoxy groups -OCH3 is 1. The number of benzene rings is 1. The minimum Gasteiger partial charge on any atom is -0.467 e. The van der Waals surface area contributed by atoms with Crippen LogP contribution in [0.4, 0.5) is 0 Å². The number of esters is 1. The van der Waals surface area contributed by atoms with Crippen molar-refractivity contribution in [3.8, 4) is 22.8 Å². The Morgan fingerprint density at radius 2 is 1.83 bits per heavy atom. The van der Waals surface area contributed by atoms with Gasteiger partial charge in [0.15, 0.2) is 5.82 Å². The largest absolute Gasteiger partial charge is 0.467 e. The molecule has 1 aromatic carbocycles. The smallest absolute Gasteiger partial charge is 0.328 e. The number of carbonyl (C=O) groups is 3. The predicted molar refractivity (Wildman–Crippen MR) is 130 cm³/mol. The van der Waals surface area contributed by atoms with E-state index >= 15 is 0 Å². The number of H-pyrrole nitrogens is 1. The molecule has 2 amide bonds. The number of nitrogens with one attached hydrogen (secondary N) is 3. The summed E-state index contributed by atoms with van der Waals surface area (Å²) in [5, 5.41) is 13.7. The Bertz CT molecular complexity index is 1270. The van der Waals surface area contributed by atoms with Crippen LogP contribution >= 0.6 is 0 Å². The Morgan fingerprint density at radius 1 is 1.11 bits per heavy atom. The molecule has 0 radical (unpaired) electrons. The van der Waals surface area contributed by atoms with Gasteiger partial charge in [0.25, 0.3) is 11.8 Å². The molecule has 0 bridgehead atoms. The summed E-state index contributed by atoms with van der Waals surface area (Å²) in [6, 6.07) is 6.34. The summed E-state index contributed by atoms with van der Waals surface area (Å²) >= 11 is 0. The van der Waals surface area contributed by atoms with Crippen molar-refractivity contribution in [1.82, 2.24) is 30.8 Å². The van der Waals surface area contributed by atoms with Crippen LogP contribution in [-0.4, -0.2) is 57.1 Å². The predicted octanol–water partition coefficient (Wildman–Crippen LogP) is 2.97. The van der Waals surface area contributed by atoms with Gasteiger partial charge in [0.2, 0.25) is 17.5 Å². The van der Waals surface area contributed by atoms with Crippen molar-refractivity contribution in [1.29, 1.82) is 0 Å². The van der Waals surface area contributed by atoms with Gasteiger partial charge >= 0.3 is 5.97 Å². The molecule has 11 nitrogen and oxygen atoms in total. The van der Waals surface area contributed by atoms with E-state index in [1.807, 2.05) is 27.7 Å². The first-order chi connectivity index (χ1) is 17.1. The zero-order valence-electron chi connectivity index (χ0n) is 20.9. The van der Waals surface area contributed by atoms with Crippen LogP contribution in [0.2, 0.25) is 0 Å². The van der Waals surface area contributed by atoms with Crippen LogP contribution in [0.1, 0.15) is 61.7 Å². The van der Waals surface area contributed by atoms with Gasteiger partial charge in [0.1, 0.15) is 6.04 Å². The molecular weight excluding hydrogens is 464 g/mol. The first-order valence-corrected chi connectivity index (χ1v) is 11.8. The van der Waals surface area contributed by atoms with Crippen molar-refractivity contribution < 1.29 is 23.5 Å². The summed E-state index contributed by atoms with van der Waals surface area (Å²) in [6.45, 7) is 7.44. The monoisotopic (exact) mass is 494 g/mol. The maximum Gasteiger partial charge on any atom is 0.328 e. The highest BCUT2D eigenvalue weighted by molar-refractivity contribution is 5.95. The fourth-order valence-corrected chi connectivity index (χ4v) is 3.74. The second-order valence-corrected chi connectivity index (χ2v) is 10.0. The van der Waals surface area contributed by atoms with E-state index in [9.17, 15) is 14.4 Å². The Labute approximate surface area is 208 Å². The summed E-state index contributed by atoms with van der Waals surface area (Å²) in [5.41, 5.74) is 0.691. The van der Waals surface area contributed by atoms with Gasteiger partial charge in [0, 0.05) is 17.2 Å². The van der Waals surface area contributed by atoms with Gasteiger partial charge in [-0.25, -0.2) is 9.78 Å². The van der Waals surface area contributed by atoms with Crippen molar-refractivity contribution in [3.63, 3.8) is 0 Å². The number of aromatic amines is 1. The molecule has 1 aliphatic carbocycles. The number of hydrogen-bond acceptors (Lipinski definition) is 8. The Kier molecular flexibility index (Phi) is 6.91. The third-order valence-electron chi connectivity index (χ3n) is 6.08. The quantitative estimate of drug-likeness (QED) is 0.404. The summed E-state index contributed by atoms with van der Waals surface area (Å²) in [4.78, 5) is 44.5. The lowest BCUT2D eigenvalue weighted by Gasteiger charge is -2.28. The number of aromatic nitrogens is 4. The van der Waals surface area contributed by atoms with Gasteiger partial charge in [-0.3, -0.25) is 9.59 Å². The lowest BCUT2D eigenvalue weighted by Crippen LogP contribution is -2.49. The third-order valence-corrected chi connectivity index (χ3v) is 6.08. The highest BCUT2D eigenvalue weighted by Crippen LogP contribution is 2.32. The van der Waals surface area contributed by atoms with Crippen LogP contribution in [0.25, 0.3) is 22.8 Å². The van der Waals surface area contributed by atoms with Crippen LogP contribution in [0.3, 0.4) is 0 Å². The van der Waals surface area contributed by atoms with Crippen molar-refractivity contribution in [3.05, 3.63) is 42.0 Å². The SMILES string of the molecule is COC(=O)C(NC(=O)c1cnc(-c2cccc(-c3nnc(C(=O)N[C@@H](C)C4CC4)[nH]3)c2)o1)C(C)(C)C. The molecule has 4 rings (SSSR count). The maximum atomic E-state index is 12.7. The Balaban J connectivity index is 1.48. The van der Waals surface area contributed by atoms with Gasteiger partial charge < -0.3 is 24.8 Å². The second-order valence-electron chi connectivity index (χ2n) is 10.0. The van der Waals surface area contributed by atoms with E-state index in [1.165, 1.54) is 13.3 Å². The zero-order valence-corrected chi connectivity index (χ0v) is 20.9. The average Bonchev–Trinajstić information content (AvgIpc) is 3.37. The fraction of sp³-hybridized carbons (Fsp3) is 0.440. The Hall–Kier alpha value is -4.02. The van der Waals surface area contributed by atoms with Crippen molar-refractivity contribution in [2.75, 3.05) is 7.11 Å². The molecule has 36 heavy (non-hydrogen) atoms. The molecule has 3 aromatic rings. The van der Waals surface area contributed by atoms with Crippen molar-refractivity contribution >= 4 is 17.8 Å². The molecule has 2 aromatic heterocycles. The third kappa shape index (κ3) is 5.61. The van der Waals surface area contributed by atoms with Gasteiger partial charge in [-0.15, -0.1) is 10.2 Å². The number of hydrogen-bond donors (Lipinski definition) is 3. The van der Waals surface area contributed by atoms with Gasteiger partial charge in [-0.05, 0) is 43.2 Å². The van der Waals surface area contributed by atoms with Crippen LogP contribution in [-0.2, 0) is 9.53 Å². The summed E-state index contributed by atoms with van der Waals surface area (Å²) in [5.74, 6) is -0.186. The molecular formula is C25H30N6O5. The van der Waals surface area contributed by atoms with E-state index in [0.29, 0.717) is 22.9 Å². The Morgan fingerprint density at radius 3 is 2.50 bits per heavy atom. The van der Waals surface area contributed by atoms with Crippen LogP contribution in [0.5, 0.6) is 0 Å². The van der Waals surface area contributed by atoms with E-state index in [-0.39, 0.29) is 29.4 Å². The number of ether oxygens (including phenoxy) is 1. The average molecular weight is 495 g/mol. The number of oxazole rings is 1. The van der Waals surface area contributed by atoms with Gasteiger partial charge in [-0.1, -0.05) is 32.9 Å². The van der Waals surface area contributed by atoms with E-state index in [4.69, 9.17) is 9.15 Å². The minimum atomic E-state index is -0.864. The van der Waals surface area contributed by atoms with Crippen molar-refractivity contribution in [2.45, 2.75) is 52.6 Å². The lowest BCUT2D eigenvalue weighted by atomic mass is 9.86. The topological polar surface area (TPSA) is 152 Å². The van der Waals surface area contributed by atoms with Crippen LogP contribution < -0.4 is 10.6 Å². The maximum absolute atomic E-state index is 12.7. The molecule has 1 fully saturated rings. The number of nitrogens with zero attached hydrogens (tertiary/aromatic N) is 3. The molecule has 3 N–H and O–H groups in total. The molecule has 190 valence electrons. The number of carbonyl (C=O) groups excluding carboxylic acids is 3.